The summed E-state index contributed by atoms with van der Waals surface area (Å²) in [6.07, 6.45) is 3.20. The highest BCUT2D eigenvalue weighted by Crippen LogP contribution is 2.21. The van der Waals surface area contributed by atoms with E-state index in [0.29, 0.717) is 18.2 Å². The number of hydrogen-bond donors (Lipinski definition) is 0. The maximum Gasteiger partial charge on any atom is 0.319 e. The molecule has 3 rings (SSSR count). The lowest BCUT2D eigenvalue weighted by atomic mass is 10.1. The minimum Gasteiger partial charge on any atom is -0.472 e. The summed E-state index contributed by atoms with van der Waals surface area (Å²) in [4.78, 5) is 23.2. The average Bonchev–Trinajstić information content (AvgIpc) is 2.67. The van der Waals surface area contributed by atoms with Crippen molar-refractivity contribution in [2.45, 2.75) is 23.8 Å². The van der Waals surface area contributed by atoms with Gasteiger partial charge in [0.05, 0.1) is 19.4 Å². The Hall–Kier alpha value is -2.35. The number of carbonyl (C=O) groups is 1. The second-order valence-corrected chi connectivity index (χ2v) is 6.89. The molecule has 0 saturated carbocycles. The number of carbonyl (C=O) groups excluding carboxylic acids is 1. The van der Waals surface area contributed by atoms with Crippen molar-refractivity contribution in [3.63, 3.8) is 0 Å². The van der Waals surface area contributed by atoms with Crippen LogP contribution in [0.25, 0.3) is 0 Å². The molecule has 1 aliphatic rings. The van der Waals surface area contributed by atoms with Crippen molar-refractivity contribution in [2.75, 3.05) is 26.0 Å². The molecule has 1 aliphatic heterocycles. The van der Waals surface area contributed by atoms with Crippen LogP contribution in [-0.2, 0) is 4.79 Å². The summed E-state index contributed by atoms with van der Waals surface area (Å²) >= 11 is 1.41. The maximum absolute atomic E-state index is 12.9. The predicted molar refractivity (Wildman–Crippen MR) is 95.9 cm³/mol. The number of likely N-dealkylation sites (tertiary alicyclic amines) is 1. The number of nitrogens with zero attached hydrogens (tertiary/aromatic N) is 3. The lowest BCUT2D eigenvalue weighted by Crippen LogP contribution is -2.45. The van der Waals surface area contributed by atoms with Gasteiger partial charge in [-0.25, -0.2) is 9.37 Å². The average molecular weight is 377 g/mol. The molecule has 138 valence electrons. The highest BCUT2D eigenvalue weighted by Gasteiger charge is 2.25. The SMILES string of the molecule is COc1nccc(OC2CCCN(C(=O)CSc3ccc(F)cc3)C2)n1. The van der Waals surface area contributed by atoms with Crippen molar-refractivity contribution in [2.24, 2.45) is 0 Å². The molecule has 1 fully saturated rings. The van der Waals surface area contributed by atoms with Crippen LogP contribution in [0.3, 0.4) is 0 Å². The standard InChI is InChI=1S/C18H20FN3O3S/c1-24-18-20-9-8-16(21-18)25-14-3-2-10-22(11-14)17(23)12-26-15-6-4-13(19)5-7-15/h4-9,14H,2-3,10-12H2,1H3. The fourth-order valence-corrected chi connectivity index (χ4v) is 3.49. The Morgan fingerprint density at radius 1 is 1.35 bits per heavy atom. The molecule has 1 atom stereocenters. The molecule has 0 spiro atoms. The molecule has 1 saturated heterocycles. The number of thioether (sulfide) groups is 1. The van der Waals surface area contributed by atoms with Gasteiger partial charge < -0.3 is 14.4 Å². The largest absolute Gasteiger partial charge is 0.472 e. The predicted octanol–water partition coefficient (Wildman–Crippen LogP) is 2.79. The monoisotopic (exact) mass is 377 g/mol. The molecule has 1 unspecified atom stereocenters. The van der Waals surface area contributed by atoms with Crippen LogP contribution in [0.2, 0.25) is 0 Å². The van der Waals surface area contributed by atoms with Gasteiger partial charge in [0.25, 0.3) is 0 Å². The van der Waals surface area contributed by atoms with Crippen LogP contribution in [0.1, 0.15) is 12.8 Å². The molecule has 8 heteroatoms. The van der Waals surface area contributed by atoms with Crippen LogP contribution in [-0.4, -0.2) is 52.8 Å². The number of aromatic nitrogens is 2. The molecule has 0 radical (unpaired) electrons. The van der Waals surface area contributed by atoms with E-state index >= 15 is 0 Å². The van der Waals surface area contributed by atoms with Gasteiger partial charge in [-0.15, -0.1) is 11.8 Å². The van der Waals surface area contributed by atoms with Crippen molar-refractivity contribution in [1.29, 1.82) is 0 Å². The normalized spacial score (nSPS) is 17.0. The first kappa shape index (κ1) is 18.4. The van der Waals surface area contributed by atoms with Gasteiger partial charge in [-0.3, -0.25) is 4.79 Å². The lowest BCUT2D eigenvalue weighted by molar-refractivity contribution is -0.130. The fraction of sp³-hybridized carbons (Fsp3) is 0.389. The maximum atomic E-state index is 12.9. The first-order valence-corrected chi connectivity index (χ1v) is 9.32. The molecule has 2 heterocycles. The zero-order valence-corrected chi connectivity index (χ0v) is 15.2. The first-order chi connectivity index (χ1) is 12.6. The van der Waals surface area contributed by atoms with Gasteiger partial charge in [-0.1, -0.05) is 0 Å². The zero-order chi connectivity index (χ0) is 18.4. The van der Waals surface area contributed by atoms with Gasteiger partial charge in [0.1, 0.15) is 11.9 Å². The number of halogens is 1. The number of amides is 1. The van der Waals surface area contributed by atoms with E-state index in [1.807, 2.05) is 4.90 Å². The fourth-order valence-electron chi connectivity index (χ4n) is 2.69. The van der Waals surface area contributed by atoms with Gasteiger partial charge in [-0.05, 0) is 37.1 Å². The van der Waals surface area contributed by atoms with E-state index in [2.05, 4.69) is 9.97 Å². The molecule has 2 aromatic rings. The van der Waals surface area contributed by atoms with E-state index < -0.39 is 0 Å². The van der Waals surface area contributed by atoms with E-state index in [1.165, 1.54) is 31.0 Å². The van der Waals surface area contributed by atoms with Crippen molar-refractivity contribution in [3.05, 3.63) is 42.3 Å². The Labute approximate surface area is 155 Å². The van der Waals surface area contributed by atoms with Crippen molar-refractivity contribution in [1.82, 2.24) is 14.9 Å². The number of rotatable bonds is 6. The molecule has 0 aliphatic carbocycles. The van der Waals surface area contributed by atoms with E-state index in [1.54, 1.807) is 24.4 Å². The molecule has 1 aromatic carbocycles. The van der Waals surface area contributed by atoms with E-state index in [4.69, 9.17) is 9.47 Å². The van der Waals surface area contributed by atoms with Gasteiger partial charge >= 0.3 is 6.01 Å². The minimum absolute atomic E-state index is 0.0490. The number of benzene rings is 1. The number of ether oxygens (including phenoxy) is 2. The Bertz CT molecular complexity index is 745. The Morgan fingerprint density at radius 3 is 2.92 bits per heavy atom. The van der Waals surface area contributed by atoms with Gasteiger partial charge in [0.15, 0.2) is 0 Å². The second kappa shape index (κ2) is 8.84. The van der Waals surface area contributed by atoms with Crippen LogP contribution in [0.5, 0.6) is 11.9 Å². The lowest BCUT2D eigenvalue weighted by Gasteiger charge is -2.32. The summed E-state index contributed by atoms with van der Waals surface area (Å²) in [6.45, 7) is 1.24. The molecule has 26 heavy (non-hydrogen) atoms. The van der Waals surface area contributed by atoms with Crippen LogP contribution in [0, 0.1) is 5.82 Å². The van der Waals surface area contributed by atoms with Crippen LogP contribution >= 0.6 is 11.8 Å². The summed E-state index contributed by atoms with van der Waals surface area (Å²) in [5.74, 6) is 0.530. The summed E-state index contributed by atoms with van der Waals surface area (Å²) in [7, 11) is 1.50. The van der Waals surface area contributed by atoms with Gasteiger partial charge in [-0.2, -0.15) is 4.98 Å². The van der Waals surface area contributed by atoms with E-state index in [-0.39, 0.29) is 23.8 Å². The van der Waals surface area contributed by atoms with Crippen LogP contribution in [0.15, 0.2) is 41.4 Å². The van der Waals surface area contributed by atoms with Crippen molar-refractivity contribution >= 4 is 17.7 Å². The van der Waals surface area contributed by atoms with Crippen LogP contribution in [0.4, 0.5) is 4.39 Å². The Balaban J connectivity index is 1.52. The molecule has 1 aromatic heterocycles. The van der Waals surface area contributed by atoms with E-state index in [0.717, 1.165) is 24.3 Å². The highest BCUT2D eigenvalue weighted by atomic mass is 32.2. The van der Waals surface area contributed by atoms with Gasteiger partial charge in [0.2, 0.25) is 11.8 Å². The first-order valence-electron chi connectivity index (χ1n) is 8.34. The summed E-state index contributed by atoms with van der Waals surface area (Å²) in [5, 5.41) is 0. The third kappa shape index (κ3) is 5.08. The smallest absolute Gasteiger partial charge is 0.319 e. The third-order valence-electron chi connectivity index (χ3n) is 3.98. The van der Waals surface area contributed by atoms with Crippen molar-refractivity contribution in [3.8, 4) is 11.9 Å². The minimum atomic E-state index is -0.280. The van der Waals surface area contributed by atoms with Gasteiger partial charge in [0, 0.05) is 23.7 Å². The topological polar surface area (TPSA) is 64.6 Å². The molecular formula is C18H20FN3O3S. The number of piperidine rings is 1. The molecule has 0 bridgehead atoms. The number of methoxy groups -OCH3 is 1. The zero-order valence-electron chi connectivity index (χ0n) is 14.4. The molecular weight excluding hydrogens is 357 g/mol. The van der Waals surface area contributed by atoms with E-state index in [9.17, 15) is 9.18 Å². The molecule has 6 nitrogen and oxygen atoms in total. The second-order valence-electron chi connectivity index (χ2n) is 5.85. The number of hydrogen-bond acceptors (Lipinski definition) is 6. The quantitative estimate of drug-likeness (QED) is 0.722. The Kier molecular flexibility index (Phi) is 6.27. The summed E-state index contributed by atoms with van der Waals surface area (Å²) in [5.41, 5.74) is 0. The van der Waals surface area contributed by atoms with Crippen LogP contribution < -0.4 is 9.47 Å². The third-order valence-corrected chi connectivity index (χ3v) is 4.98. The van der Waals surface area contributed by atoms with Crippen molar-refractivity contribution < 1.29 is 18.7 Å². The molecule has 0 N–H and O–H groups in total. The Morgan fingerprint density at radius 2 is 2.15 bits per heavy atom. The molecule has 1 amide bonds. The highest BCUT2D eigenvalue weighted by molar-refractivity contribution is 8.00. The summed E-state index contributed by atoms with van der Waals surface area (Å²) < 4.78 is 23.8. The summed E-state index contributed by atoms with van der Waals surface area (Å²) in [6, 6.07) is 8.08.